The van der Waals surface area contributed by atoms with Crippen molar-refractivity contribution in [3.05, 3.63) is 70.5 Å². The standard InChI is InChI=1S/C29H37F3N2/c1-18-15-22(29(30,31)32)26(24-14-12-21(17-34(24)10)28(6,7)8)19(2)25(18)23-13-11-20(16-33(23)9)27(3,4)5/h11-17H,1-10H3/q+2. The lowest BCUT2D eigenvalue weighted by atomic mass is 9.85. The van der Waals surface area contributed by atoms with E-state index in [0.29, 0.717) is 16.8 Å². The maximum Gasteiger partial charge on any atom is 0.417 e. The van der Waals surface area contributed by atoms with Crippen LogP contribution >= 0.6 is 0 Å². The van der Waals surface area contributed by atoms with Gasteiger partial charge in [-0.15, -0.1) is 0 Å². The number of halogens is 3. The topological polar surface area (TPSA) is 7.76 Å². The summed E-state index contributed by atoms with van der Waals surface area (Å²) in [6, 6.07) is 9.15. The molecule has 1 aromatic carbocycles. The highest BCUT2D eigenvalue weighted by molar-refractivity contribution is 5.79. The lowest BCUT2D eigenvalue weighted by Crippen LogP contribution is -2.35. The van der Waals surface area contributed by atoms with Gasteiger partial charge >= 0.3 is 6.18 Å². The number of benzene rings is 1. The molecule has 0 aliphatic rings. The molecule has 0 N–H and O–H groups in total. The molecule has 0 bridgehead atoms. The minimum Gasteiger partial charge on any atom is -0.201 e. The summed E-state index contributed by atoms with van der Waals surface area (Å²) >= 11 is 0. The molecule has 0 atom stereocenters. The Hall–Kier alpha value is -2.69. The molecule has 0 aliphatic carbocycles. The molecule has 0 amide bonds. The molecule has 0 fully saturated rings. The van der Waals surface area contributed by atoms with Gasteiger partial charge in [-0.05, 0) is 54.0 Å². The van der Waals surface area contributed by atoms with Gasteiger partial charge < -0.3 is 0 Å². The number of hydrogen-bond donors (Lipinski definition) is 0. The maximum atomic E-state index is 14.3. The van der Waals surface area contributed by atoms with E-state index in [1.54, 1.807) is 6.92 Å². The fourth-order valence-electron chi connectivity index (χ4n) is 4.55. The van der Waals surface area contributed by atoms with Crippen LogP contribution in [0.1, 0.15) is 69.4 Å². The maximum absolute atomic E-state index is 14.3. The van der Waals surface area contributed by atoms with Crippen LogP contribution in [0, 0.1) is 13.8 Å². The molecular formula is C29H37F3N2+2. The number of rotatable bonds is 2. The predicted octanol–water partition coefficient (Wildman–Crippen LogP) is 6.90. The summed E-state index contributed by atoms with van der Waals surface area (Å²) in [5.41, 5.74) is 5.29. The van der Waals surface area contributed by atoms with E-state index in [1.165, 1.54) is 11.6 Å². The van der Waals surface area contributed by atoms with E-state index in [4.69, 9.17) is 0 Å². The Kier molecular flexibility index (Phi) is 6.49. The smallest absolute Gasteiger partial charge is 0.201 e. The SMILES string of the molecule is Cc1cc(C(F)(F)F)c(-c2ccc(C(C)(C)C)c[n+]2C)c(C)c1-c1ccc(C(C)(C)C)c[n+]1C. The summed E-state index contributed by atoms with van der Waals surface area (Å²) in [5, 5.41) is 0. The van der Waals surface area contributed by atoms with E-state index in [0.717, 1.165) is 16.8 Å². The Morgan fingerprint density at radius 3 is 1.41 bits per heavy atom. The first-order valence-electron chi connectivity index (χ1n) is 11.7. The van der Waals surface area contributed by atoms with Gasteiger partial charge in [-0.1, -0.05) is 41.5 Å². The van der Waals surface area contributed by atoms with E-state index in [-0.39, 0.29) is 16.4 Å². The zero-order valence-electron chi connectivity index (χ0n) is 22.1. The number of hydrogen-bond acceptors (Lipinski definition) is 0. The Bertz CT molecular complexity index is 1240. The zero-order valence-corrected chi connectivity index (χ0v) is 22.1. The highest BCUT2D eigenvalue weighted by Crippen LogP contribution is 2.43. The normalized spacial score (nSPS) is 12.9. The van der Waals surface area contributed by atoms with Gasteiger partial charge in [0.2, 0.25) is 11.4 Å². The predicted molar refractivity (Wildman–Crippen MR) is 132 cm³/mol. The third-order valence-electron chi connectivity index (χ3n) is 6.59. The van der Waals surface area contributed by atoms with Crippen molar-refractivity contribution in [3.8, 4) is 22.5 Å². The van der Waals surface area contributed by atoms with Crippen molar-refractivity contribution in [2.45, 2.75) is 72.4 Å². The van der Waals surface area contributed by atoms with Crippen molar-refractivity contribution in [2.75, 3.05) is 0 Å². The van der Waals surface area contributed by atoms with E-state index >= 15 is 0 Å². The Morgan fingerprint density at radius 1 is 0.647 bits per heavy atom. The van der Waals surface area contributed by atoms with Crippen LogP contribution in [0.4, 0.5) is 13.2 Å². The van der Waals surface area contributed by atoms with Crippen molar-refractivity contribution >= 4 is 0 Å². The van der Waals surface area contributed by atoms with Crippen LogP contribution in [0.3, 0.4) is 0 Å². The second-order valence-corrected chi connectivity index (χ2v) is 11.4. The number of alkyl halides is 3. The van der Waals surface area contributed by atoms with Crippen molar-refractivity contribution in [3.63, 3.8) is 0 Å². The van der Waals surface area contributed by atoms with Gasteiger partial charge in [0.25, 0.3) is 0 Å². The van der Waals surface area contributed by atoms with Gasteiger partial charge in [0.1, 0.15) is 14.1 Å². The Balaban J connectivity index is 2.35. The Labute approximate surface area is 202 Å². The highest BCUT2D eigenvalue weighted by Gasteiger charge is 2.39. The van der Waals surface area contributed by atoms with Gasteiger partial charge in [-0.3, -0.25) is 0 Å². The van der Waals surface area contributed by atoms with Crippen LogP contribution in [0.15, 0.2) is 42.7 Å². The first kappa shape index (κ1) is 25.9. The average Bonchev–Trinajstić information content (AvgIpc) is 2.67. The summed E-state index contributed by atoms with van der Waals surface area (Å²) in [6.45, 7) is 16.3. The molecule has 0 aliphatic heterocycles. The lowest BCUT2D eigenvalue weighted by molar-refractivity contribution is -0.661. The second-order valence-electron chi connectivity index (χ2n) is 11.4. The van der Waals surface area contributed by atoms with Gasteiger partial charge in [0, 0.05) is 23.3 Å². The monoisotopic (exact) mass is 470 g/mol. The number of pyridine rings is 2. The third-order valence-corrected chi connectivity index (χ3v) is 6.59. The molecule has 0 saturated heterocycles. The van der Waals surface area contributed by atoms with E-state index in [2.05, 4.69) is 53.8 Å². The van der Waals surface area contributed by atoms with Crippen molar-refractivity contribution in [1.82, 2.24) is 0 Å². The molecule has 34 heavy (non-hydrogen) atoms. The molecule has 3 aromatic rings. The average molecular weight is 471 g/mol. The van der Waals surface area contributed by atoms with Crippen LogP contribution in [-0.4, -0.2) is 0 Å². The molecule has 5 heteroatoms. The molecular weight excluding hydrogens is 433 g/mol. The van der Waals surface area contributed by atoms with Gasteiger partial charge in [-0.25, -0.2) is 9.13 Å². The van der Waals surface area contributed by atoms with Crippen LogP contribution in [-0.2, 0) is 31.1 Å². The van der Waals surface area contributed by atoms with Gasteiger partial charge in [0.05, 0.1) is 16.7 Å². The summed E-state index contributed by atoms with van der Waals surface area (Å²) in [5.74, 6) is 0. The molecule has 0 unspecified atom stereocenters. The lowest BCUT2D eigenvalue weighted by Gasteiger charge is -2.21. The highest BCUT2D eigenvalue weighted by atomic mass is 19.4. The molecule has 2 heterocycles. The largest absolute Gasteiger partial charge is 0.417 e. The van der Waals surface area contributed by atoms with Gasteiger partial charge in [0.15, 0.2) is 12.4 Å². The van der Waals surface area contributed by atoms with Crippen molar-refractivity contribution < 1.29 is 22.3 Å². The molecule has 0 saturated carbocycles. The van der Waals surface area contributed by atoms with Crippen LogP contribution < -0.4 is 9.13 Å². The molecule has 182 valence electrons. The number of aryl methyl sites for hydroxylation is 3. The minimum absolute atomic E-state index is 0.0196. The van der Waals surface area contributed by atoms with E-state index in [9.17, 15) is 13.2 Å². The van der Waals surface area contributed by atoms with E-state index in [1.807, 2.05) is 54.5 Å². The number of nitrogens with zero attached hydrogens (tertiary/aromatic N) is 2. The van der Waals surface area contributed by atoms with Gasteiger partial charge in [-0.2, -0.15) is 13.2 Å². The first-order chi connectivity index (χ1) is 15.4. The van der Waals surface area contributed by atoms with Crippen LogP contribution in [0.5, 0.6) is 0 Å². The minimum atomic E-state index is -4.46. The fraction of sp³-hybridized carbons (Fsp3) is 0.448. The number of aromatic nitrogens is 2. The summed E-state index contributed by atoms with van der Waals surface area (Å²) in [7, 11) is 3.78. The summed E-state index contributed by atoms with van der Waals surface area (Å²) < 4.78 is 46.7. The first-order valence-corrected chi connectivity index (χ1v) is 11.7. The van der Waals surface area contributed by atoms with Crippen molar-refractivity contribution in [1.29, 1.82) is 0 Å². The quantitative estimate of drug-likeness (QED) is 0.360. The zero-order chi connectivity index (χ0) is 25.8. The summed E-state index contributed by atoms with van der Waals surface area (Å²) in [4.78, 5) is 0. The molecule has 2 nitrogen and oxygen atoms in total. The third kappa shape index (κ3) is 4.89. The summed E-state index contributed by atoms with van der Waals surface area (Å²) in [6.07, 6.45) is -0.451. The van der Waals surface area contributed by atoms with E-state index < -0.39 is 11.7 Å². The van der Waals surface area contributed by atoms with Crippen LogP contribution in [0.25, 0.3) is 22.5 Å². The molecule has 0 radical (unpaired) electrons. The Morgan fingerprint density at radius 2 is 1.06 bits per heavy atom. The molecule has 3 rings (SSSR count). The second kappa shape index (κ2) is 8.51. The molecule has 2 aromatic heterocycles. The fourth-order valence-corrected chi connectivity index (χ4v) is 4.55. The molecule has 0 spiro atoms. The van der Waals surface area contributed by atoms with Crippen molar-refractivity contribution in [2.24, 2.45) is 14.1 Å². The van der Waals surface area contributed by atoms with Crippen LogP contribution in [0.2, 0.25) is 0 Å².